The zero-order chi connectivity index (χ0) is 22.3. The molecular formula is C26H28ClN3O2. The smallest absolute Gasteiger partial charge is 0.253 e. The minimum absolute atomic E-state index is 0.188. The van der Waals surface area contributed by atoms with Gasteiger partial charge in [0.2, 0.25) is 5.91 Å². The van der Waals surface area contributed by atoms with Crippen LogP contribution in [0, 0.1) is 0 Å². The first-order chi connectivity index (χ1) is 15.6. The van der Waals surface area contributed by atoms with E-state index in [1.165, 1.54) is 18.4 Å². The standard InChI is InChI=1S/C26H28ClN3O2/c27-22-12-6-4-11-21(22)25(31)30-24(16-19-17-29-23-13-7-5-10-20(19)23)26(32)28-15-14-18-8-2-1-3-9-18/h4-8,10-13,17,24,29H,1-3,9,14-16H2,(H,28,32)(H,30,31)/t24-/m1/s1. The monoisotopic (exact) mass is 449 g/mol. The Kier molecular flexibility index (Phi) is 7.28. The summed E-state index contributed by atoms with van der Waals surface area (Å²) in [4.78, 5) is 29.3. The lowest BCUT2D eigenvalue weighted by molar-refractivity contribution is -0.122. The maximum Gasteiger partial charge on any atom is 0.253 e. The number of para-hydroxylation sites is 1. The van der Waals surface area contributed by atoms with Crippen LogP contribution in [0.1, 0.15) is 48.0 Å². The van der Waals surface area contributed by atoms with Crippen LogP contribution in [0.25, 0.3) is 10.9 Å². The van der Waals surface area contributed by atoms with Gasteiger partial charge in [-0.3, -0.25) is 9.59 Å². The molecule has 3 N–H and O–H groups in total. The number of aromatic amines is 1. The van der Waals surface area contributed by atoms with Crippen LogP contribution >= 0.6 is 11.6 Å². The van der Waals surface area contributed by atoms with Crippen LogP contribution in [0.4, 0.5) is 0 Å². The molecule has 0 fully saturated rings. The van der Waals surface area contributed by atoms with Crippen molar-refractivity contribution < 1.29 is 9.59 Å². The molecule has 166 valence electrons. The number of halogens is 1. The van der Waals surface area contributed by atoms with Gasteiger partial charge in [0, 0.05) is 30.1 Å². The summed E-state index contributed by atoms with van der Waals surface area (Å²) in [6.45, 7) is 0.566. The molecule has 5 nitrogen and oxygen atoms in total. The van der Waals surface area contributed by atoms with Crippen LogP contribution in [0.5, 0.6) is 0 Å². The van der Waals surface area contributed by atoms with Gasteiger partial charge < -0.3 is 15.6 Å². The molecule has 2 amide bonds. The van der Waals surface area contributed by atoms with Crippen molar-refractivity contribution in [3.63, 3.8) is 0 Å². The van der Waals surface area contributed by atoms with Gasteiger partial charge in [-0.25, -0.2) is 0 Å². The molecule has 6 heteroatoms. The Hall–Kier alpha value is -3.05. The normalized spacial score (nSPS) is 14.6. The van der Waals surface area contributed by atoms with E-state index in [9.17, 15) is 9.59 Å². The third-order valence-corrected chi connectivity index (χ3v) is 6.30. The summed E-state index contributed by atoms with van der Waals surface area (Å²) in [5.74, 6) is -0.544. The molecule has 1 heterocycles. The van der Waals surface area contributed by atoms with E-state index in [1.54, 1.807) is 24.3 Å². The third-order valence-electron chi connectivity index (χ3n) is 5.97. The number of carbonyl (C=O) groups excluding carboxylic acids is 2. The van der Waals surface area contributed by atoms with Gasteiger partial charge in [-0.05, 0) is 55.9 Å². The number of hydrogen-bond acceptors (Lipinski definition) is 2. The van der Waals surface area contributed by atoms with Gasteiger partial charge in [0.1, 0.15) is 6.04 Å². The van der Waals surface area contributed by atoms with E-state index < -0.39 is 6.04 Å². The Morgan fingerprint density at radius 3 is 2.69 bits per heavy atom. The molecule has 0 unspecified atom stereocenters. The number of hydrogen-bond donors (Lipinski definition) is 3. The van der Waals surface area contributed by atoms with Gasteiger partial charge in [0.25, 0.3) is 5.91 Å². The zero-order valence-corrected chi connectivity index (χ0v) is 18.8. The van der Waals surface area contributed by atoms with Gasteiger partial charge in [0.05, 0.1) is 10.6 Å². The Labute approximate surface area is 193 Å². The first-order valence-corrected chi connectivity index (χ1v) is 11.6. The van der Waals surface area contributed by atoms with Crippen LogP contribution in [0.2, 0.25) is 5.02 Å². The summed E-state index contributed by atoms with van der Waals surface area (Å²) in [6.07, 6.45) is 10.1. The molecule has 1 atom stereocenters. The van der Waals surface area contributed by atoms with Gasteiger partial charge in [-0.1, -0.05) is 53.6 Å². The average molecular weight is 450 g/mol. The summed E-state index contributed by atoms with van der Waals surface area (Å²) in [5.41, 5.74) is 3.75. The van der Waals surface area contributed by atoms with E-state index >= 15 is 0 Å². The van der Waals surface area contributed by atoms with E-state index in [-0.39, 0.29) is 11.8 Å². The molecule has 32 heavy (non-hydrogen) atoms. The molecule has 0 saturated heterocycles. The minimum Gasteiger partial charge on any atom is -0.361 e. The highest BCUT2D eigenvalue weighted by molar-refractivity contribution is 6.33. The molecule has 0 aliphatic heterocycles. The molecule has 1 aliphatic rings. The van der Waals surface area contributed by atoms with Crippen molar-refractivity contribution >= 4 is 34.3 Å². The van der Waals surface area contributed by atoms with Crippen LogP contribution in [0.15, 0.2) is 66.4 Å². The fourth-order valence-electron chi connectivity index (χ4n) is 4.21. The molecule has 1 aromatic heterocycles. The second-order valence-electron chi connectivity index (χ2n) is 8.22. The maximum atomic E-state index is 13.1. The van der Waals surface area contributed by atoms with Crippen molar-refractivity contribution in [3.05, 3.63) is 82.5 Å². The third kappa shape index (κ3) is 5.40. The predicted octanol–water partition coefficient (Wildman–Crippen LogP) is 5.17. The number of rotatable bonds is 8. The number of H-pyrrole nitrogens is 1. The molecule has 3 aromatic rings. The second-order valence-corrected chi connectivity index (χ2v) is 8.63. The van der Waals surface area contributed by atoms with E-state index in [1.807, 2.05) is 30.5 Å². The number of allylic oxidation sites excluding steroid dienone is 1. The zero-order valence-electron chi connectivity index (χ0n) is 18.0. The SMILES string of the molecule is O=C(N[C@H](Cc1c[nH]c2ccccc12)C(=O)NCCC1=CCCCC1)c1ccccc1Cl. The Bertz CT molecular complexity index is 1130. The molecule has 4 rings (SSSR count). The fraction of sp³-hybridized carbons (Fsp3) is 0.308. The lowest BCUT2D eigenvalue weighted by atomic mass is 9.97. The Balaban J connectivity index is 1.48. The molecule has 1 aliphatic carbocycles. The van der Waals surface area contributed by atoms with E-state index in [4.69, 9.17) is 11.6 Å². The van der Waals surface area contributed by atoms with Crippen molar-refractivity contribution in [2.24, 2.45) is 0 Å². The Morgan fingerprint density at radius 2 is 1.88 bits per heavy atom. The average Bonchev–Trinajstić information content (AvgIpc) is 3.22. The molecule has 0 radical (unpaired) electrons. The Morgan fingerprint density at radius 1 is 1.06 bits per heavy atom. The largest absolute Gasteiger partial charge is 0.361 e. The van der Waals surface area contributed by atoms with Crippen molar-refractivity contribution in [1.82, 2.24) is 15.6 Å². The highest BCUT2D eigenvalue weighted by atomic mass is 35.5. The number of fused-ring (bicyclic) bond motifs is 1. The van der Waals surface area contributed by atoms with Crippen molar-refractivity contribution in [2.75, 3.05) is 6.54 Å². The molecule has 2 aromatic carbocycles. The topological polar surface area (TPSA) is 74.0 Å². The summed E-state index contributed by atoms with van der Waals surface area (Å²) < 4.78 is 0. The highest BCUT2D eigenvalue weighted by Gasteiger charge is 2.24. The molecule has 0 bridgehead atoms. The molecule has 0 spiro atoms. The predicted molar refractivity (Wildman–Crippen MR) is 129 cm³/mol. The van der Waals surface area contributed by atoms with Crippen molar-refractivity contribution in [1.29, 1.82) is 0 Å². The fourth-order valence-corrected chi connectivity index (χ4v) is 4.43. The van der Waals surface area contributed by atoms with Crippen LogP contribution in [-0.2, 0) is 11.2 Å². The quantitative estimate of drug-likeness (QED) is 0.415. The number of amides is 2. The summed E-state index contributed by atoms with van der Waals surface area (Å²) in [6, 6.07) is 14.1. The van der Waals surface area contributed by atoms with Gasteiger partial charge in [0.15, 0.2) is 0 Å². The minimum atomic E-state index is -0.710. The lowest BCUT2D eigenvalue weighted by Gasteiger charge is -2.19. The number of benzene rings is 2. The van der Waals surface area contributed by atoms with Crippen LogP contribution < -0.4 is 10.6 Å². The highest BCUT2D eigenvalue weighted by Crippen LogP contribution is 2.21. The molecule has 0 saturated carbocycles. The van der Waals surface area contributed by atoms with Crippen LogP contribution in [-0.4, -0.2) is 29.4 Å². The van der Waals surface area contributed by atoms with E-state index in [0.29, 0.717) is 23.6 Å². The summed E-state index contributed by atoms with van der Waals surface area (Å²) in [5, 5.41) is 7.33. The van der Waals surface area contributed by atoms with E-state index in [0.717, 1.165) is 35.7 Å². The maximum absolute atomic E-state index is 13.1. The van der Waals surface area contributed by atoms with Gasteiger partial charge >= 0.3 is 0 Å². The first-order valence-electron chi connectivity index (χ1n) is 11.2. The summed E-state index contributed by atoms with van der Waals surface area (Å²) in [7, 11) is 0. The number of aromatic nitrogens is 1. The lowest BCUT2D eigenvalue weighted by Crippen LogP contribution is -2.48. The van der Waals surface area contributed by atoms with Gasteiger partial charge in [-0.15, -0.1) is 0 Å². The second kappa shape index (κ2) is 10.5. The van der Waals surface area contributed by atoms with Crippen LogP contribution in [0.3, 0.4) is 0 Å². The van der Waals surface area contributed by atoms with Crippen molar-refractivity contribution in [3.8, 4) is 0 Å². The number of nitrogens with one attached hydrogen (secondary N) is 3. The first kappa shape index (κ1) is 22.2. The van der Waals surface area contributed by atoms with E-state index in [2.05, 4.69) is 21.7 Å². The number of carbonyl (C=O) groups is 2. The summed E-state index contributed by atoms with van der Waals surface area (Å²) >= 11 is 6.20. The van der Waals surface area contributed by atoms with Gasteiger partial charge in [-0.2, -0.15) is 0 Å². The molecular weight excluding hydrogens is 422 g/mol. The van der Waals surface area contributed by atoms with Crippen molar-refractivity contribution in [2.45, 2.75) is 44.6 Å².